The van der Waals surface area contributed by atoms with E-state index in [1.165, 1.54) is 6.07 Å². The number of nitrogens with one attached hydrogen (secondary N) is 2. The molecule has 136 valence electrons. The fourth-order valence-corrected chi connectivity index (χ4v) is 3.15. The molecule has 1 aliphatic carbocycles. The van der Waals surface area contributed by atoms with Crippen molar-refractivity contribution >= 4 is 18.3 Å². The number of halogens is 2. The largest absolute Gasteiger partial charge is 0.351 e. The molecule has 1 aliphatic rings. The first-order chi connectivity index (χ1) is 11.6. The Morgan fingerprint density at radius 3 is 2.84 bits per heavy atom. The number of hydrogen-bond donors (Lipinski definition) is 2. The Labute approximate surface area is 153 Å². The summed E-state index contributed by atoms with van der Waals surface area (Å²) < 4.78 is 15.9. The van der Waals surface area contributed by atoms with Gasteiger partial charge in [-0.05, 0) is 63.9 Å². The molecule has 1 amide bonds. The Bertz CT molecular complexity index is 760. The van der Waals surface area contributed by atoms with Crippen molar-refractivity contribution in [2.75, 3.05) is 20.1 Å². The molecule has 0 atom stereocenters. The summed E-state index contributed by atoms with van der Waals surface area (Å²) >= 11 is 0. The third-order valence-corrected chi connectivity index (χ3v) is 4.37. The Balaban J connectivity index is 0.00000225. The number of nitrogens with zero attached hydrogens (tertiary/aromatic N) is 2. The second-order valence-corrected chi connectivity index (χ2v) is 6.21. The van der Waals surface area contributed by atoms with Crippen molar-refractivity contribution in [3.05, 3.63) is 46.5 Å². The van der Waals surface area contributed by atoms with Crippen molar-refractivity contribution in [2.45, 2.75) is 32.6 Å². The summed E-state index contributed by atoms with van der Waals surface area (Å²) in [5, 5.41) is 10.4. The van der Waals surface area contributed by atoms with Crippen LogP contribution in [0.4, 0.5) is 4.39 Å². The first kappa shape index (κ1) is 19.4. The maximum absolute atomic E-state index is 14.3. The number of aryl methyl sites for hydroxylation is 1. The highest BCUT2D eigenvalue weighted by atomic mass is 35.5. The number of carbonyl (C=O) groups excluding carboxylic acids is 1. The van der Waals surface area contributed by atoms with Gasteiger partial charge in [0.25, 0.3) is 5.91 Å². The summed E-state index contributed by atoms with van der Waals surface area (Å²) in [6.45, 7) is 3.30. The summed E-state index contributed by atoms with van der Waals surface area (Å²) in [4.78, 5) is 12.5. The lowest BCUT2D eigenvalue weighted by Gasteiger charge is -2.07. The normalized spacial score (nSPS) is 12.6. The van der Waals surface area contributed by atoms with Crippen LogP contribution in [0, 0.1) is 12.7 Å². The highest BCUT2D eigenvalue weighted by Crippen LogP contribution is 2.28. The molecule has 0 bridgehead atoms. The molecule has 1 heterocycles. The summed E-state index contributed by atoms with van der Waals surface area (Å²) in [6.07, 6.45) is 3.48. The van der Waals surface area contributed by atoms with Gasteiger partial charge in [0, 0.05) is 17.8 Å². The lowest BCUT2D eigenvalue weighted by molar-refractivity contribution is 0.0947. The third-order valence-electron chi connectivity index (χ3n) is 4.37. The van der Waals surface area contributed by atoms with Gasteiger partial charge in [-0.1, -0.05) is 6.07 Å². The smallest absolute Gasteiger partial charge is 0.272 e. The quantitative estimate of drug-likeness (QED) is 0.772. The van der Waals surface area contributed by atoms with Crippen LogP contribution in [0.1, 0.15) is 40.2 Å². The summed E-state index contributed by atoms with van der Waals surface area (Å²) in [7, 11) is 1.88. The summed E-state index contributed by atoms with van der Waals surface area (Å²) in [6, 6.07) is 5.08. The van der Waals surface area contributed by atoms with E-state index in [4.69, 9.17) is 0 Å². The first-order valence-electron chi connectivity index (χ1n) is 8.42. The zero-order valence-electron chi connectivity index (χ0n) is 14.6. The second-order valence-electron chi connectivity index (χ2n) is 6.21. The molecule has 0 unspecified atom stereocenters. The monoisotopic (exact) mass is 366 g/mol. The number of hydrogen-bond acceptors (Lipinski definition) is 3. The molecule has 0 saturated heterocycles. The van der Waals surface area contributed by atoms with Crippen molar-refractivity contribution in [2.24, 2.45) is 0 Å². The van der Waals surface area contributed by atoms with Gasteiger partial charge in [0.15, 0.2) is 5.69 Å². The van der Waals surface area contributed by atoms with Gasteiger partial charge in [0.1, 0.15) is 11.5 Å². The van der Waals surface area contributed by atoms with Crippen molar-refractivity contribution < 1.29 is 9.18 Å². The average molecular weight is 367 g/mol. The zero-order chi connectivity index (χ0) is 17.1. The molecule has 1 aromatic heterocycles. The molecule has 1 aromatic carbocycles. The molecule has 2 aromatic rings. The zero-order valence-corrected chi connectivity index (χ0v) is 15.4. The fraction of sp³-hybridized carbons (Fsp3) is 0.444. The predicted octanol–water partition coefficient (Wildman–Crippen LogP) is 2.57. The molecule has 2 N–H and O–H groups in total. The van der Waals surface area contributed by atoms with Gasteiger partial charge < -0.3 is 10.6 Å². The molecule has 0 aliphatic heterocycles. The lowest BCUT2D eigenvalue weighted by atomic mass is 10.2. The van der Waals surface area contributed by atoms with Gasteiger partial charge in [0.05, 0.1) is 0 Å². The van der Waals surface area contributed by atoms with Gasteiger partial charge in [-0.3, -0.25) is 4.79 Å². The van der Waals surface area contributed by atoms with Crippen LogP contribution in [0.15, 0.2) is 18.2 Å². The Morgan fingerprint density at radius 2 is 2.12 bits per heavy atom. The Morgan fingerprint density at radius 1 is 1.32 bits per heavy atom. The van der Waals surface area contributed by atoms with Crippen molar-refractivity contribution in [3.8, 4) is 5.69 Å². The number of benzene rings is 1. The maximum Gasteiger partial charge on any atom is 0.272 e. The van der Waals surface area contributed by atoms with Gasteiger partial charge >= 0.3 is 0 Å². The minimum atomic E-state index is -0.312. The number of fused-ring (bicyclic) bond motifs is 1. The molecule has 0 fully saturated rings. The van der Waals surface area contributed by atoms with Crippen LogP contribution in [0.25, 0.3) is 5.69 Å². The van der Waals surface area contributed by atoms with Crippen LogP contribution in [-0.4, -0.2) is 35.8 Å². The van der Waals surface area contributed by atoms with E-state index in [9.17, 15) is 9.18 Å². The van der Waals surface area contributed by atoms with E-state index >= 15 is 0 Å². The maximum atomic E-state index is 14.3. The van der Waals surface area contributed by atoms with E-state index in [1.807, 2.05) is 20.0 Å². The summed E-state index contributed by atoms with van der Waals surface area (Å²) in [5.41, 5.74) is 3.63. The highest BCUT2D eigenvalue weighted by Gasteiger charge is 2.27. The van der Waals surface area contributed by atoms with Gasteiger partial charge in [-0.2, -0.15) is 5.10 Å². The van der Waals surface area contributed by atoms with E-state index in [0.717, 1.165) is 49.0 Å². The van der Waals surface area contributed by atoms with Gasteiger partial charge in [-0.15, -0.1) is 12.4 Å². The van der Waals surface area contributed by atoms with E-state index in [-0.39, 0.29) is 24.1 Å². The highest BCUT2D eigenvalue weighted by molar-refractivity contribution is 5.94. The number of aromatic nitrogens is 2. The topological polar surface area (TPSA) is 58.9 Å². The number of amides is 1. The molecule has 3 rings (SSSR count). The Hall–Kier alpha value is -1.92. The second kappa shape index (κ2) is 8.45. The lowest BCUT2D eigenvalue weighted by Crippen LogP contribution is -2.27. The van der Waals surface area contributed by atoms with E-state index in [1.54, 1.807) is 10.7 Å². The van der Waals surface area contributed by atoms with E-state index in [0.29, 0.717) is 17.9 Å². The molecule has 0 spiro atoms. The fourth-order valence-electron chi connectivity index (χ4n) is 3.15. The van der Waals surface area contributed by atoms with Crippen LogP contribution >= 0.6 is 12.4 Å². The molecule has 5 nitrogen and oxygen atoms in total. The standard InChI is InChI=1S/C18H23FN4O.ClH/c1-12-7-8-16(14(19)11-12)23-15-6-3-5-13(15)17(22-23)18(24)21-10-4-9-20-2;/h7-8,11,20H,3-6,9-10H2,1-2H3,(H,21,24);1H. The molecular weight excluding hydrogens is 343 g/mol. The van der Waals surface area contributed by atoms with Crippen LogP contribution in [0.3, 0.4) is 0 Å². The van der Waals surface area contributed by atoms with Gasteiger partial charge in [0.2, 0.25) is 0 Å². The molecular formula is C18H24ClFN4O. The van der Waals surface area contributed by atoms with Crippen molar-refractivity contribution in [1.29, 1.82) is 0 Å². The first-order valence-corrected chi connectivity index (χ1v) is 8.42. The third kappa shape index (κ3) is 4.02. The molecule has 0 radical (unpaired) electrons. The predicted molar refractivity (Wildman–Crippen MR) is 98.4 cm³/mol. The van der Waals surface area contributed by atoms with Crippen LogP contribution < -0.4 is 10.6 Å². The van der Waals surface area contributed by atoms with Crippen LogP contribution in [-0.2, 0) is 12.8 Å². The minimum Gasteiger partial charge on any atom is -0.351 e. The molecule has 0 saturated carbocycles. The SMILES string of the molecule is CNCCCNC(=O)c1nn(-c2ccc(C)cc2F)c2c1CCC2.Cl. The van der Waals surface area contributed by atoms with Crippen LogP contribution in [0.2, 0.25) is 0 Å². The minimum absolute atomic E-state index is 0. The Kier molecular flexibility index (Phi) is 6.56. The molecule has 7 heteroatoms. The van der Waals surface area contributed by atoms with Crippen molar-refractivity contribution in [3.63, 3.8) is 0 Å². The van der Waals surface area contributed by atoms with Crippen molar-refractivity contribution in [1.82, 2.24) is 20.4 Å². The summed E-state index contributed by atoms with van der Waals surface area (Å²) in [5.74, 6) is -0.483. The van der Waals surface area contributed by atoms with E-state index < -0.39 is 0 Å². The van der Waals surface area contributed by atoms with Gasteiger partial charge in [-0.25, -0.2) is 9.07 Å². The number of carbonyl (C=O) groups is 1. The average Bonchev–Trinajstić information content (AvgIpc) is 3.14. The number of rotatable bonds is 6. The van der Waals surface area contributed by atoms with Crippen LogP contribution in [0.5, 0.6) is 0 Å². The van der Waals surface area contributed by atoms with E-state index in [2.05, 4.69) is 15.7 Å². The molecule has 25 heavy (non-hydrogen) atoms.